The highest BCUT2D eigenvalue weighted by Crippen LogP contribution is 2.65. The van der Waals surface area contributed by atoms with Crippen LogP contribution in [0, 0.1) is 16.7 Å². The maximum absolute atomic E-state index is 9.97. The Morgan fingerprint density at radius 1 is 1.42 bits per heavy atom. The van der Waals surface area contributed by atoms with Crippen LogP contribution in [0.3, 0.4) is 0 Å². The molecule has 2 heteroatoms. The molecule has 3 unspecified atom stereocenters. The minimum absolute atomic E-state index is 0.103. The van der Waals surface area contributed by atoms with E-state index in [2.05, 4.69) is 20.8 Å². The molecule has 72 valence electrons. The van der Waals surface area contributed by atoms with Crippen LogP contribution in [-0.4, -0.2) is 17.8 Å². The molecule has 0 aromatic rings. The van der Waals surface area contributed by atoms with E-state index in [0.717, 1.165) is 6.42 Å². The lowest BCUT2D eigenvalue weighted by atomic mass is 9.85. The van der Waals surface area contributed by atoms with Crippen molar-refractivity contribution in [1.29, 1.82) is 0 Å². The average Bonchev–Trinajstić information content (AvgIpc) is 2.50. The molecule has 0 heterocycles. The lowest BCUT2D eigenvalue weighted by molar-refractivity contribution is 0.0379. The maximum Gasteiger partial charge on any atom is 0.0636 e. The molecule has 1 saturated carbocycles. The predicted octanol–water partition coefficient (Wildman–Crippen LogP) is 1.38. The molecular formula is C10H21NO. The van der Waals surface area contributed by atoms with Gasteiger partial charge < -0.3 is 10.8 Å². The molecule has 0 aliphatic heterocycles. The number of hydrogen-bond acceptors (Lipinski definition) is 2. The fourth-order valence-electron chi connectivity index (χ4n) is 2.14. The van der Waals surface area contributed by atoms with Gasteiger partial charge in [0.1, 0.15) is 0 Å². The summed E-state index contributed by atoms with van der Waals surface area (Å²) in [6, 6.07) is 0. The van der Waals surface area contributed by atoms with Gasteiger partial charge in [0.15, 0.2) is 0 Å². The van der Waals surface area contributed by atoms with E-state index in [9.17, 15) is 5.11 Å². The highest BCUT2D eigenvalue weighted by atomic mass is 16.3. The summed E-state index contributed by atoms with van der Waals surface area (Å²) < 4.78 is 0. The molecule has 3 atom stereocenters. The third-order valence-electron chi connectivity index (χ3n) is 3.79. The van der Waals surface area contributed by atoms with Crippen LogP contribution in [0.2, 0.25) is 0 Å². The first-order chi connectivity index (χ1) is 5.35. The molecule has 1 aliphatic rings. The Balaban J connectivity index is 2.61. The Hall–Kier alpha value is -0.0800. The van der Waals surface area contributed by atoms with Gasteiger partial charge in [-0.2, -0.15) is 0 Å². The predicted molar refractivity (Wildman–Crippen MR) is 50.7 cm³/mol. The standard InChI is InChI=1S/C10H21NO/c1-7(5-11)8(12)10(4)6-9(10,2)3/h7-8,12H,5-6,11H2,1-4H3. The fraction of sp³-hybridized carbons (Fsp3) is 1.00. The van der Waals surface area contributed by atoms with Gasteiger partial charge in [-0.15, -0.1) is 0 Å². The third-order valence-corrected chi connectivity index (χ3v) is 3.79. The maximum atomic E-state index is 9.97. The van der Waals surface area contributed by atoms with Crippen LogP contribution in [0.15, 0.2) is 0 Å². The molecule has 1 aliphatic carbocycles. The van der Waals surface area contributed by atoms with E-state index < -0.39 is 0 Å². The molecule has 1 rings (SSSR count). The Morgan fingerprint density at radius 2 is 1.83 bits per heavy atom. The normalized spacial score (nSPS) is 37.5. The van der Waals surface area contributed by atoms with Crippen molar-refractivity contribution >= 4 is 0 Å². The van der Waals surface area contributed by atoms with Crippen LogP contribution < -0.4 is 5.73 Å². The molecule has 0 aromatic heterocycles. The van der Waals surface area contributed by atoms with Crippen molar-refractivity contribution in [2.75, 3.05) is 6.54 Å². The first-order valence-electron chi connectivity index (χ1n) is 4.73. The highest BCUT2D eigenvalue weighted by Gasteiger charge is 2.61. The lowest BCUT2D eigenvalue weighted by Crippen LogP contribution is -2.34. The van der Waals surface area contributed by atoms with Crippen LogP contribution in [0.5, 0.6) is 0 Å². The second-order valence-electron chi connectivity index (χ2n) is 5.14. The zero-order valence-corrected chi connectivity index (χ0v) is 8.59. The summed E-state index contributed by atoms with van der Waals surface area (Å²) in [5.41, 5.74) is 5.93. The van der Waals surface area contributed by atoms with Crippen molar-refractivity contribution in [3.63, 3.8) is 0 Å². The Labute approximate surface area is 75.2 Å². The van der Waals surface area contributed by atoms with Crippen LogP contribution in [-0.2, 0) is 0 Å². The van der Waals surface area contributed by atoms with Gasteiger partial charge in [0.05, 0.1) is 6.10 Å². The number of rotatable bonds is 3. The third kappa shape index (κ3) is 1.27. The molecular weight excluding hydrogens is 150 g/mol. The molecule has 2 nitrogen and oxygen atoms in total. The van der Waals surface area contributed by atoms with E-state index in [-0.39, 0.29) is 17.4 Å². The van der Waals surface area contributed by atoms with Gasteiger partial charge in [0.2, 0.25) is 0 Å². The van der Waals surface area contributed by atoms with Crippen molar-refractivity contribution in [3.05, 3.63) is 0 Å². The molecule has 0 amide bonds. The zero-order valence-electron chi connectivity index (χ0n) is 8.59. The van der Waals surface area contributed by atoms with Crippen molar-refractivity contribution in [3.8, 4) is 0 Å². The van der Waals surface area contributed by atoms with E-state index in [1.807, 2.05) is 6.92 Å². The summed E-state index contributed by atoms with van der Waals surface area (Å²) in [7, 11) is 0. The van der Waals surface area contributed by atoms with Crippen molar-refractivity contribution in [2.24, 2.45) is 22.5 Å². The Kier molecular flexibility index (Phi) is 2.26. The number of aliphatic hydroxyl groups excluding tert-OH is 1. The minimum Gasteiger partial charge on any atom is -0.392 e. The summed E-state index contributed by atoms with van der Waals surface area (Å²) >= 11 is 0. The molecule has 0 aromatic carbocycles. The van der Waals surface area contributed by atoms with Gasteiger partial charge in [-0.05, 0) is 29.7 Å². The molecule has 12 heavy (non-hydrogen) atoms. The van der Waals surface area contributed by atoms with Crippen LogP contribution in [0.25, 0.3) is 0 Å². The lowest BCUT2D eigenvalue weighted by Gasteiger charge is -2.26. The second kappa shape index (κ2) is 2.71. The molecule has 0 saturated heterocycles. The van der Waals surface area contributed by atoms with Crippen molar-refractivity contribution in [1.82, 2.24) is 0 Å². The first-order valence-corrected chi connectivity index (χ1v) is 4.73. The van der Waals surface area contributed by atoms with Crippen molar-refractivity contribution < 1.29 is 5.11 Å². The van der Waals surface area contributed by atoms with Crippen LogP contribution in [0.1, 0.15) is 34.1 Å². The van der Waals surface area contributed by atoms with E-state index in [1.165, 1.54) is 0 Å². The summed E-state index contributed by atoms with van der Waals surface area (Å²) in [4.78, 5) is 0. The average molecular weight is 171 g/mol. The highest BCUT2D eigenvalue weighted by molar-refractivity contribution is 5.11. The van der Waals surface area contributed by atoms with E-state index >= 15 is 0 Å². The summed E-state index contributed by atoms with van der Waals surface area (Å²) in [5.74, 6) is 0.219. The monoisotopic (exact) mass is 171 g/mol. The number of aliphatic hydroxyl groups is 1. The van der Waals surface area contributed by atoms with Gasteiger partial charge in [-0.3, -0.25) is 0 Å². The van der Waals surface area contributed by atoms with Crippen LogP contribution >= 0.6 is 0 Å². The van der Waals surface area contributed by atoms with Gasteiger partial charge in [-0.1, -0.05) is 27.7 Å². The van der Waals surface area contributed by atoms with Gasteiger partial charge in [-0.25, -0.2) is 0 Å². The van der Waals surface area contributed by atoms with E-state index in [1.54, 1.807) is 0 Å². The Bertz CT molecular complexity index is 179. The SMILES string of the molecule is CC(CN)C(O)C1(C)CC1(C)C. The van der Waals surface area contributed by atoms with Gasteiger partial charge >= 0.3 is 0 Å². The number of hydrogen-bond donors (Lipinski definition) is 2. The van der Waals surface area contributed by atoms with E-state index in [4.69, 9.17) is 5.73 Å². The number of nitrogens with two attached hydrogens (primary N) is 1. The largest absolute Gasteiger partial charge is 0.392 e. The summed E-state index contributed by atoms with van der Waals surface area (Å²) in [6.07, 6.45) is 0.878. The zero-order chi connectivity index (χ0) is 9.57. The minimum atomic E-state index is -0.238. The quantitative estimate of drug-likeness (QED) is 0.674. The topological polar surface area (TPSA) is 46.2 Å². The first kappa shape index (κ1) is 10.0. The summed E-state index contributed by atoms with van der Waals surface area (Å²) in [6.45, 7) is 9.17. The van der Waals surface area contributed by atoms with Crippen LogP contribution in [0.4, 0.5) is 0 Å². The van der Waals surface area contributed by atoms with Gasteiger partial charge in [0, 0.05) is 0 Å². The Morgan fingerprint density at radius 3 is 2.08 bits per heavy atom. The smallest absolute Gasteiger partial charge is 0.0636 e. The summed E-state index contributed by atoms with van der Waals surface area (Å²) in [5, 5.41) is 9.97. The second-order valence-corrected chi connectivity index (χ2v) is 5.14. The van der Waals surface area contributed by atoms with Crippen molar-refractivity contribution in [2.45, 2.75) is 40.2 Å². The molecule has 1 fully saturated rings. The molecule has 0 bridgehead atoms. The molecule has 0 spiro atoms. The fourth-order valence-corrected chi connectivity index (χ4v) is 2.14. The van der Waals surface area contributed by atoms with Gasteiger partial charge in [0.25, 0.3) is 0 Å². The molecule has 3 N–H and O–H groups in total. The van der Waals surface area contributed by atoms with E-state index in [0.29, 0.717) is 12.0 Å². The molecule has 0 radical (unpaired) electrons.